The van der Waals surface area contributed by atoms with Gasteiger partial charge in [0.2, 0.25) is 0 Å². The van der Waals surface area contributed by atoms with Crippen molar-refractivity contribution in [2.24, 2.45) is 0 Å². The van der Waals surface area contributed by atoms with Gasteiger partial charge in [0, 0.05) is 12.7 Å². The van der Waals surface area contributed by atoms with Crippen LogP contribution in [-0.2, 0) is 6.54 Å². The summed E-state index contributed by atoms with van der Waals surface area (Å²) >= 11 is 3.09. The van der Waals surface area contributed by atoms with Gasteiger partial charge in [-0.1, -0.05) is 6.92 Å². The lowest BCUT2D eigenvalue weighted by molar-refractivity contribution is 0.558. The number of aromatic nitrogens is 2. The first-order valence-electron chi connectivity index (χ1n) is 5.35. The lowest BCUT2D eigenvalue weighted by atomic mass is 10.4. The Labute approximate surface area is 102 Å². The molecular weight excluding hydrogens is 274 g/mol. The van der Waals surface area contributed by atoms with Crippen LogP contribution >= 0.6 is 15.9 Å². The van der Waals surface area contributed by atoms with Crippen LogP contribution in [0.2, 0.25) is 0 Å². The molecule has 1 aromatic rings. The molecule has 0 fully saturated rings. The summed E-state index contributed by atoms with van der Waals surface area (Å²) in [6, 6.07) is 0. The minimum atomic E-state index is -0.384. The van der Waals surface area contributed by atoms with Gasteiger partial charge in [0.1, 0.15) is 0 Å². The third-order valence-corrected chi connectivity index (χ3v) is 2.71. The van der Waals surface area contributed by atoms with Crippen LogP contribution in [0, 0.1) is 0 Å². The standard InChI is InChI=1S/C10H16BrN3O2/c1-2-4-12-5-3-6-14-7-8(11)9(15)13-10(14)16/h7,12H,2-6H2,1H3,(H,13,15,16). The van der Waals surface area contributed by atoms with Crippen LogP contribution in [0.25, 0.3) is 0 Å². The van der Waals surface area contributed by atoms with Gasteiger partial charge in [0.25, 0.3) is 5.56 Å². The number of nitrogens with one attached hydrogen (secondary N) is 2. The van der Waals surface area contributed by atoms with Crippen LogP contribution in [-0.4, -0.2) is 22.6 Å². The fraction of sp³-hybridized carbons (Fsp3) is 0.600. The van der Waals surface area contributed by atoms with Crippen molar-refractivity contribution in [1.29, 1.82) is 0 Å². The van der Waals surface area contributed by atoms with E-state index in [1.165, 1.54) is 10.8 Å². The van der Waals surface area contributed by atoms with Crippen LogP contribution < -0.4 is 16.6 Å². The van der Waals surface area contributed by atoms with Crippen molar-refractivity contribution in [1.82, 2.24) is 14.9 Å². The van der Waals surface area contributed by atoms with E-state index in [1.54, 1.807) is 0 Å². The van der Waals surface area contributed by atoms with Gasteiger partial charge in [0.15, 0.2) is 0 Å². The van der Waals surface area contributed by atoms with Crippen LogP contribution in [0.3, 0.4) is 0 Å². The van der Waals surface area contributed by atoms with Crippen LogP contribution in [0.5, 0.6) is 0 Å². The van der Waals surface area contributed by atoms with E-state index in [0.29, 0.717) is 11.0 Å². The molecule has 2 N–H and O–H groups in total. The molecule has 0 saturated heterocycles. The molecule has 0 radical (unpaired) electrons. The molecule has 0 spiro atoms. The molecule has 0 aliphatic rings. The smallest absolute Gasteiger partial charge is 0.317 e. The second-order valence-corrected chi connectivity index (χ2v) is 4.39. The van der Waals surface area contributed by atoms with Crippen molar-refractivity contribution < 1.29 is 0 Å². The molecule has 6 heteroatoms. The second kappa shape index (κ2) is 6.65. The first-order chi connectivity index (χ1) is 7.65. The minimum Gasteiger partial charge on any atom is -0.317 e. The summed E-state index contributed by atoms with van der Waals surface area (Å²) in [6.45, 7) is 4.57. The van der Waals surface area contributed by atoms with E-state index in [9.17, 15) is 9.59 Å². The quantitative estimate of drug-likeness (QED) is 0.757. The molecule has 16 heavy (non-hydrogen) atoms. The maximum absolute atomic E-state index is 11.4. The van der Waals surface area contributed by atoms with Crippen molar-refractivity contribution in [3.63, 3.8) is 0 Å². The lowest BCUT2D eigenvalue weighted by Crippen LogP contribution is -2.30. The third kappa shape index (κ3) is 3.94. The summed E-state index contributed by atoms with van der Waals surface area (Å²) in [5.41, 5.74) is -0.742. The van der Waals surface area contributed by atoms with Crippen molar-refractivity contribution >= 4 is 15.9 Å². The number of nitrogens with zero attached hydrogens (tertiary/aromatic N) is 1. The Kier molecular flexibility index (Phi) is 5.48. The number of H-pyrrole nitrogens is 1. The topological polar surface area (TPSA) is 66.9 Å². The molecule has 0 atom stereocenters. The summed E-state index contributed by atoms with van der Waals surface area (Å²) in [7, 11) is 0. The molecule has 0 unspecified atom stereocenters. The van der Waals surface area contributed by atoms with Crippen molar-refractivity contribution in [3.05, 3.63) is 31.5 Å². The zero-order chi connectivity index (χ0) is 12.0. The van der Waals surface area contributed by atoms with Gasteiger partial charge in [-0.25, -0.2) is 4.79 Å². The predicted molar refractivity (Wildman–Crippen MR) is 66.8 cm³/mol. The van der Waals surface area contributed by atoms with Gasteiger partial charge in [-0.05, 0) is 41.9 Å². The summed E-state index contributed by atoms with van der Waals surface area (Å²) in [4.78, 5) is 24.7. The Morgan fingerprint density at radius 1 is 1.44 bits per heavy atom. The number of aromatic amines is 1. The van der Waals surface area contributed by atoms with E-state index >= 15 is 0 Å². The molecule has 0 saturated carbocycles. The van der Waals surface area contributed by atoms with E-state index in [4.69, 9.17) is 0 Å². The summed E-state index contributed by atoms with van der Waals surface area (Å²) in [6.07, 6.45) is 3.49. The molecule has 1 heterocycles. The van der Waals surface area contributed by atoms with E-state index < -0.39 is 0 Å². The molecule has 0 aromatic carbocycles. The highest BCUT2D eigenvalue weighted by molar-refractivity contribution is 9.10. The normalized spacial score (nSPS) is 10.6. The first kappa shape index (κ1) is 13.2. The summed E-state index contributed by atoms with van der Waals surface area (Å²) < 4.78 is 1.88. The average Bonchev–Trinajstić information content (AvgIpc) is 2.25. The van der Waals surface area contributed by atoms with Gasteiger partial charge in [-0.2, -0.15) is 0 Å². The third-order valence-electron chi connectivity index (χ3n) is 2.15. The summed E-state index contributed by atoms with van der Waals surface area (Å²) in [5.74, 6) is 0. The maximum Gasteiger partial charge on any atom is 0.328 e. The summed E-state index contributed by atoms with van der Waals surface area (Å²) in [5, 5.41) is 3.25. The highest BCUT2D eigenvalue weighted by Gasteiger charge is 2.00. The van der Waals surface area contributed by atoms with Crippen molar-refractivity contribution in [2.45, 2.75) is 26.3 Å². The molecule has 5 nitrogen and oxygen atoms in total. The number of hydrogen-bond donors (Lipinski definition) is 2. The van der Waals surface area contributed by atoms with Crippen molar-refractivity contribution in [3.8, 4) is 0 Å². The van der Waals surface area contributed by atoms with E-state index in [2.05, 4.69) is 33.2 Å². The highest BCUT2D eigenvalue weighted by atomic mass is 79.9. The fourth-order valence-electron chi connectivity index (χ4n) is 1.32. The van der Waals surface area contributed by atoms with Gasteiger partial charge >= 0.3 is 5.69 Å². The second-order valence-electron chi connectivity index (χ2n) is 3.53. The molecule has 90 valence electrons. The number of aryl methyl sites for hydroxylation is 1. The first-order valence-corrected chi connectivity index (χ1v) is 6.14. The van der Waals surface area contributed by atoms with Gasteiger partial charge < -0.3 is 5.32 Å². The van der Waals surface area contributed by atoms with Crippen LogP contribution in [0.15, 0.2) is 20.3 Å². The number of rotatable bonds is 6. The van der Waals surface area contributed by atoms with Crippen LogP contribution in [0.4, 0.5) is 0 Å². The number of halogens is 1. The van der Waals surface area contributed by atoms with Gasteiger partial charge in [0.05, 0.1) is 4.47 Å². The SMILES string of the molecule is CCCNCCCn1cc(Br)c(=O)[nH]c1=O. The Balaban J connectivity index is 2.51. The van der Waals surface area contributed by atoms with E-state index in [-0.39, 0.29) is 11.2 Å². The lowest BCUT2D eigenvalue weighted by Gasteiger charge is -2.06. The van der Waals surface area contributed by atoms with E-state index in [0.717, 1.165) is 25.9 Å². The molecule has 1 aromatic heterocycles. The highest BCUT2D eigenvalue weighted by Crippen LogP contribution is 1.98. The van der Waals surface area contributed by atoms with Crippen LogP contribution in [0.1, 0.15) is 19.8 Å². The average molecular weight is 290 g/mol. The largest absolute Gasteiger partial charge is 0.328 e. The zero-order valence-corrected chi connectivity index (χ0v) is 10.8. The Morgan fingerprint density at radius 2 is 2.19 bits per heavy atom. The minimum absolute atomic E-state index is 0.358. The molecule has 1 rings (SSSR count). The van der Waals surface area contributed by atoms with Gasteiger partial charge in [-0.15, -0.1) is 0 Å². The Morgan fingerprint density at radius 3 is 2.88 bits per heavy atom. The Bertz CT molecular complexity index is 438. The monoisotopic (exact) mass is 289 g/mol. The Hall–Kier alpha value is -0.880. The molecule has 0 amide bonds. The zero-order valence-electron chi connectivity index (χ0n) is 9.25. The molecule has 0 aliphatic heterocycles. The van der Waals surface area contributed by atoms with Gasteiger partial charge in [-0.3, -0.25) is 14.3 Å². The fourth-order valence-corrected chi connectivity index (χ4v) is 1.67. The maximum atomic E-state index is 11.4. The van der Waals surface area contributed by atoms with Crippen molar-refractivity contribution in [2.75, 3.05) is 13.1 Å². The molecule has 0 bridgehead atoms. The molecular formula is C10H16BrN3O2. The number of hydrogen-bond acceptors (Lipinski definition) is 3. The predicted octanol–water partition coefficient (Wildman–Crippen LogP) is 0.689. The van der Waals surface area contributed by atoms with E-state index in [1.807, 2.05) is 0 Å². The molecule has 0 aliphatic carbocycles.